The van der Waals surface area contributed by atoms with Crippen LogP contribution in [0, 0.1) is 0 Å². The normalized spacial score (nSPS) is 9.67. The third-order valence-electron chi connectivity index (χ3n) is 1.28. The SMILES string of the molecule is CC(C)c1cccbn1. The molecule has 0 aliphatic rings. The van der Waals surface area contributed by atoms with Gasteiger partial charge in [0.15, 0.2) is 0 Å². The van der Waals surface area contributed by atoms with Gasteiger partial charge in [-0.3, -0.25) is 0 Å². The van der Waals surface area contributed by atoms with Gasteiger partial charge in [-0.2, -0.15) is 0 Å². The van der Waals surface area contributed by atoms with Crippen LogP contribution in [0.2, 0.25) is 0 Å². The van der Waals surface area contributed by atoms with Crippen molar-refractivity contribution in [3.63, 3.8) is 0 Å². The van der Waals surface area contributed by atoms with E-state index in [0.29, 0.717) is 5.92 Å². The average Bonchev–Trinajstić information content (AvgIpc) is 1.90. The summed E-state index contributed by atoms with van der Waals surface area (Å²) in [6, 6.07) is 4.06. The third-order valence-corrected chi connectivity index (χ3v) is 1.28. The Labute approximate surface area is 56.4 Å². The Balaban J connectivity index is 2.85. The zero-order valence-electron chi connectivity index (χ0n) is 5.83. The molecule has 0 saturated carbocycles. The van der Waals surface area contributed by atoms with E-state index in [4.69, 9.17) is 0 Å². The number of aromatic nitrogens is 1. The minimum absolute atomic E-state index is 0.547. The molecule has 0 aliphatic heterocycles. The molecule has 0 unspecified atom stereocenters. The molecular formula is C7H10BN. The van der Waals surface area contributed by atoms with Crippen molar-refractivity contribution in [1.29, 1.82) is 0 Å². The molecule has 0 saturated heterocycles. The minimum atomic E-state index is 0.547. The molecule has 0 bridgehead atoms. The first-order chi connectivity index (χ1) is 4.30. The Morgan fingerprint density at radius 2 is 2.33 bits per heavy atom. The van der Waals surface area contributed by atoms with E-state index in [0.717, 1.165) is 5.69 Å². The molecule has 0 aromatic carbocycles. The molecule has 0 aliphatic carbocycles. The van der Waals surface area contributed by atoms with Crippen LogP contribution in [0.15, 0.2) is 18.1 Å². The summed E-state index contributed by atoms with van der Waals surface area (Å²) in [6.07, 6.45) is 0. The van der Waals surface area contributed by atoms with Crippen LogP contribution in [0.4, 0.5) is 0 Å². The van der Waals surface area contributed by atoms with Gasteiger partial charge in [0.1, 0.15) is 0 Å². The predicted octanol–water partition coefficient (Wildman–Crippen LogP) is 1.54. The summed E-state index contributed by atoms with van der Waals surface area (Å²) in [6.45, 7) is 4.28. The van der Waals surface area contributed by atoms with Gasteiger partial charge in [-0.15, -0.1) is 0 Å². The van der Waals surface area contributed by atoms with E-state index in [-0.39, 0.29) is 0 Å². The molecule has 1 rings (SSSR count). The Hall–Kier alpha value is -0.655. The van der Waals surface area contributed by atoms with Gasteiger partial charge in [0.05, 0.1) is 0 Å². The molecule has 0 atom stereocenters. The van der Waals surface area contributed by atoms with Crippen LogP contribution in [0.5, 0.6) is 0 Å². The molecule has 1 nitrogen and oxygen atoms in total. The maximum absolute atomic E-state index is 4.18. The first kappa shape index (κ1) is 6.46. The Morgan fingerprint density at radius 3 is 2.67 bits per heavy atom. The van der Waals surface area contributed by atoms with E-state index in [2.05, 4.69) is 18.7 Å². The fourth-order valence-corrected chi connectivity index (χ4v) is 0.717. The second-order valence-corrected chi connectivity index (χ2v) is 2.41. The van der Waals surface area contributed by atoms with E-state index < -0.39 is 0 Å². The van der Waals surface area contributed by atoms with E-state index >= 15 is 0 Å². The second-order valence-electron chi connectivity index (χ2n) is 2.41. The van der Waals surface area contributed by atoms with Gasteiger partial charge in [0, 0.05) is 0 Å². The van der Waals surface area contributed by atoms with Gasteiger partial charge in [-0.05, 0) is 0 Å². The predicted molar refractivity (Wildman–Crippen MR) is 39.7 cm³/mol. The topological polar surface area (TPSA) is 12.9 Å². The first-order valence-corrected chi connectivity index (χ1v) is 3.21. The maximum atomic E-state index is 4.18. The van der Waals surface area contributed by atoms with E-state index in [1.807, 2.05) is 25.1 Å². The molecule has 1 aromatic rings. The fraction of sp³-hybridized carbons (Fsp3) is 0.429. The molecule has 0 fully saturated rings. The van der Waals surface area contributed by atoms with Gasteiger partial charge < -0.3 is 0 Å². The van der Waals surface area contributed by atoms with Crippen LogP contribution >= 0.6 is 0 Å². The molecule has 0 N–H and O–H groups in total. The zero-order chi connectivity index (χ0) is 6.69. The summed E-state index contributed by atoms with van der Waals surface area (Å²) in [4.78, 5) is 4.18. The molecule has 1 heterocycles. The first-order valence-electron chi connectivity index (χ1n) is 3.21. The van der Waals surface area contributed by atoms with E-state index in [1.165, 1.54) is 0 Å². The quantitative estimate of drug-likeness (QED) is 0.546. The van der Waals surface area contributed by atoms with E-state index in [9.17, 15) is 0 Å². The van der Waals surface area contributed by atoms with E-state index in [1.54, 1.807) is 0 Å². The van der Waals surface area contributed by atoms with Crippen molar-refractivity contribution in [2.24, 2.45) is 0 Å². The summed E-state index contributed by atoms with van der Waals surface area (Å²) in [5, 5.41) is 0. The summed E-state index contributed by atoms with van der Waals surface area (Å²) < 4.78 is 0. The Morgan fingerprint density at radius 1 is 1.56 bits per heavy atom. The second kappa shape index (κ2) is 2.76. The van der Waals surface area contributed by atoms with Crippen molar-refractivity contribution in [2.75, 3.05) is 0 Å². The Bertz CT molecular complexity index is 172. The van der Waals surface area contributed by atoms with Crippen molar-refractivity contribution >= 4 is 7.05 Å². The van der Waals surface area contributed by atoms with Crippen LogP contribution in [0.25, 0.3) is 0 Å². The summed E-state index contributed by atoms with van der Waals surface area (Å²) in [5.41, 5.74) is 1.16. The molecule has 0 spiro atoms. The van der Waals surface area contributed by atoms with Crippen molar-refractivity contribution in [3.05, 3.63) is 23.8 Å². The van der Waals surface area contributed by atoms with Crippen molar-refractivity contribution in [1.82, 2.24) is 4.89 Å². The molecule has 0 amide bonds. The molecule has 0 radical (unpaired) electrons. The van der Waals surface area contributed by atoms with Crippen molar-refractivity contribution in [2.45, 2.75) is 19.8 Å². The van der Waals surface area contributed by atoms with Gasteiger partial charge in [-0.1, -0.05) is 0 Å². The zero-order valence-corrected chi connectivity index (χ0v) is 5.83. The summed E-state index contributed by atoms with van der Waals surface area (Å²) >= 11 is 0. The molecule has 9 heavy (non-hydrogen) atoms. The average molecular weight is 119 g/mol. The Kier molecular flexibility index (Phi) is 1.98. The fourth-order valence-electron chi connectivity index (χ4n) is 0.717. The van der Waals surface area contributed by atoms with Crippen LogP contribution in [0.1, 0.15) is 25.5 Å². The number of rotatable bonds is 1. The standard InChI is InChI=1S/C7H10BN/c1-6(2)7-4-3-5-8-9-7/h3-6H,1-2H3. The van der Waals surface area contributed by atoms with Crippen LogP contribution < -0.4 is 0 Å². The summed E-state index contributed by atoms with van der Waals surface area (Å²) in [7, 11) is 1.83. The van der Waals surface area contributed by atoms with Gasteiger partial charge in [0.2, 0.25) is 0 Å². The number of nitrogens with zero attached hydrogens (tertiary/aromatic N) is 1. The van der Waals surface area contributed by atoms with Crippen molar-refractivity contribution in [3.8, 4) is 0 Å². The number of hydrogen-bond donors (Lipinski definition) is 0. The molecule has 46 valence electrons. The third kappa shape index (κ3) is 1.63. The molecule has 2 heteroatoms. The molecule has 1 aromatic heterocycles. The van der Waals surface area contributed by atoms with Gasteiger partial charge in [-0.25, -0.2) is 0 Å². The summed E-state index contributed by atoms with van der Waals surface area (Å²) in [5.74, 6) is 2.48. The van der Waals surface area contributed by atoms with Gasteiger partial charge >= 0.3 is 55.5 Å². The number of hydrogen-bond acceptors (Lipinski definition) is 1. The molecular weight excluding hydrogens is 109 g/mol. The van der Waals surface area contributed by atoms with Crippen LogP contribution in [-0.2, 0) is 0 Å². The van der Waals surface area contributed by atoms with Crippen molar-refractivity contribution < 1.29 is 0 Å². The monoisotopic (exact) mass is 119 g/mol. The van der Waals surface area contributed by atoms with Gasteiger partial charge in [0.25, 0.3) is 0 Å². The van der Waals surface area contributed by atoms with Crippen LogP contribution in [0.3, 0.4) is 0 Å². The van der Waals surface area contributed by atoms with Crippen LogP contribution in [-0.4, -0.2) is 11.9 Å².